The van der Waals surface area contributed by atoms with E-state index in [4.69, 9.17) is 8.25 Å². The molecule has 90 valence electrons. The zero-order chi connectivity index (χ0) is 13.0. The predicted molar refractivity (Wildman–Crippen MR) is 68.2 cm³/mol. The van der Waals surface area contributed by atoms with Crippen LogP contribution in [-0.2, 0) is 28.9 Å². The average Bonchev–Trinajstić information content (AvgIpc) is 2.40. The van der Waals surface area contributed by atoms with Crippen molar-refractivity contribution in [1.29, 1.82) is 0 Å². The van der Waals surface area contributed by atoms with Gasteiger partial charge in [0.25, 0.3) is 0 Å². The maximum absolute atomic E-state index is 10.9. The molecule has 1 unspecified atom stereocenters. The summed E-state index contributed by atoms with van der Waals surface area (Å²) in [6, 6.07) is 16.2. The van der Waals surface area contributed by atoms with Crippen LogP contribution in [0.4, 0.5) is 0 Å². The molecule has 0 aliphatic heterocycles. The zero-order valence-electron chi connectivity index (χ0n) is 9.88. The Morgan fingerprint density at radius 2 is 1.50 bits per heavy atom. The summed E-state index contributed by atoms with van der Waals surface area (Å²) in [5.74, 6) is 0.199. The van der Waals surface area contributed by atoms with Crippen molar-refractivity contribution in [1.82, 2.24) is 0 Å². The molecule has 4 heteroatoms. The first kappa shape index (κ1) is 13.8. The Hall–Kier alpha value is -0.575. The molecular weight excluding hydrogens is 436 g/mol. The molecule has 0 fully saturated rings. The van der Waals surface area contributed by atoms with E-state index < -0.39 is 28.9 Å². The van der Waals surface area contributed by atoms with Gasteiger partial charge in [-0.3, -0.25) is 0 Å². The van der Waals surface area contributed by atoms with Crippen LogP contribution in [-0.4, -0.2) is 10.2 Å². The van der Waals surface area contributed by atoms with Crippen LogP contribution in [0, 0.1) is 0 Å². The average molecular weight is 449 g/mol. The summed E-state index contributed by atoms with van der Waals surface area (Å²) in [5.41, 5.74) is 0.627. The second-order valence-corrected chi connectivity index (χ2v) is 10.9. The van der Waals surface area contributed by atoms with Gasteiger partial charge in [-0.2, -0.15) is 0 Å². The first-order chi connectivity index (χ1) is 8.66. The third-order valence-electron chi connectivity index (χ3n) is 3.05. The Morgan fingerprint density at radius 1 is 0.944 bits per heavy atom. The summed E-state index contributed by atoms with van der Waals surface area (Å²) in [6.07, 6.45) is 0. The quantitative estimate of drug-likeness (QED) is 0.704. The van der Waals surface area contributed by atoms with Gasteiger partial charge in [-0.25, -0.2) is 0 Å². The number of phenolic OH excluding ortho intramolecular Hbond substituents is 1. The van der Waals surface area contributed by atoms with Crippen LogP contribution >= 0.6 is 8.25 Å². The van der Waals surface area contributed by atoms with Crippen LogP contribution in [0.2, 0.25) is 3.93 Å². The van der Waals surface area contributed by atoms with Gasteiger partial charge in [0.1, 0.15) is 0 Å². The minimum absolute atomic E-state index is 0.199. The van der Waals surface area contributed by atoms with Crippen LogP contribution in [0.5, 0.6) is 5.75 Å². The van der Waals surface area contributed by atoms with Gasteiger partial charge in [0.15, 0.2) is 0 Å². The SMILES string of the molecule is Oc1ccc(C(O)([CH2][Hg][Cl])c2ccccc2)cc1. The number of aliphatic hydroxyl groups is 1. The third-order valence-corrected chi connectivity index (χ3v) is 8.26. The number of phenols is 1. The Balaban J connectivity index is 2.47. The molecule has 0 radical (unpaired) electrons. The van der Waals surface area contributed by atoms with Gasteiger partial charge in [0, 0.05) is 0 Å². The Labute approximate surface area is 122 Å². The summed E-state index contributed by atoms with van der Waals surface area (Å²) in [4.78, 5) is 0. The van der Waals surface area contributed by atoms with Gasteiger partial charge in [0.2, 0.25) is 0 Å². The first-order valence-corrected chi connectivity index (χ1v) is 16.5. The normalized spacial score (nSPS) is 13.7. The van der Waals surface area contributed by atoms with Crippen LogP contribution in [0.15, 0.2) is 54.6 Å². The molecule has 0 aliphatic carbocycles. The molecule has 0 saturated heterocycles. The molecule has 1 atom stereocenters. The molecule has 0 aromatic heterocycles. The molecule has 0 saturated carbocycles. The summed E-state index contributed by atoms with van der Waals surface area (Å²) >= 11 is -1.54. The Morgan fingerprint density at radius 3 is 2.06 bits per heavy atom. The number of halogens is 1. The van der Waals surface area contributed by atoms with Gasteiger partial charge in [0.05, 0.1) is 0 Å². The van der Waals surface area contributed by atoms with Gasteiger partial charge in [-0.1, -0.05) is 0 Å². The van der Waals surface area contributed by atoms with E-state index in [0.717, 1.165) is 11.1 Å². The van der Waals surface area contributed by atoms with Gasteiger partial charge < -0.3 is 0 Å². The molecule has 2 N–H and O–H groups in total. The zero-order valence-corrected chi connectivity index (χ0v) is 16.1. The van der Waals surface area contributed by atoms with Crippen molar-refractivity contribution < 1.29 is 33.6 Å². The molecule has 0 bridgehead atoms. The molecule has 2 rings (SSSR count). The molecule has 18 heavy (non-hydrogen) atoms. The van der Waals surface area contributed by atoms with Crippen LogP contribution < -0.4 is 0 Å². The van der Waals surface area contributed by atoms with Crippen LogP contribution in [0.3, 0.4) is 0 Å². The topological polar surface area (TPSA) is 40.5 Å². The van der Waals surface area contributed by atoms with Crippen LogP contribution in [0.25, 0.3) is 0 Å². The predicted octanol–water partition coefficient (Wildman–Crippen LogP) is 3.28. The van der Waals surface area contributed by atoms with Crippen molar-refractivity contribution in [2.24, 2.45) is 0 Å². The number of hydrogen-bond acceptors (Lipinski definition) is 2. The van der Waals surface area contributed by atoms with Crippen molar-refractivity contribution in [3.63, 3.8) is 0 Å². The second kappa shape index (κ2) is 6.05. The van der Waals surface area contributed by atoms with E-state index in [-0.39, 0.29) is 5.75 Å². The van der Waals surface area contributed by atoms with Crippen molar-refractivity contribution in [3.8, 4) is 5.75 Å². The van der Waals surface area contributed by atoms with Crippen molar-refractivity contribution in [3.05, 3.63) is 65.7 Å². The molecule has 0 aliphatic rings. The van der Waals surface area contributed by atoms with Crippen molar-refractivity contribution >= 4 is 8.25 Å². The molecule has 0 heterocycles. The fourth-order valence-electron chi connectivity index (χ4n) is 2.04. The molecule has 2 aromatic rings. The van der Waals surface area contributed by atoms with Gasteiger partial charge >= 0.3 is 123 Å². The Bertz CT molecular complexity index is 501. The molecular formula is C14H13ClHgO2. The standard InChI is InChI=1S/C14H13O2.ClH.Hg/c1-14(16,11-5-3-2-4-6-11)12-7-9-13(15)10-8-12;;/h2-10,15-16H,1H2;1H;/q;;+1/p-1. The number of hydrogen-bond donors (Lipinski definition) is 2. The fourth-order valence-corrected chi connectivity index (χ4v) is 7.75. The van der Waals surface area contributed by atoms with E-state index in [2.05, 4.69) is 0 Å². The van der Waals surface area contributed by atoms with E-state index in [9.17, 15) is 10.2 Å². The van der Waals surface area contributed by atoms with Gasteiger partial charge in [-0.15, -0.1) is 0 Å². The third kappa shape index (κ3) is 2.87. The van der Waals surface area contributed by atoms with Crippen molar-refractivity contribution in [2.45, 2.75) is 9.53 Å². The summed E-state index contributed by atoms with van der Waals surface area (Å²) in [5, 5.41) is 20.3. The van der Waals surface area contributed by atoms with E-state index in [1.807, 2.05) is 30.3 Å². The molecule has 0 amide bonds. The number of aromatic hydroxyl groups is 1. The number of rotatable bonds is 4. The van der Waals surface area contributed by atoms with E-state index >= 15 is 0 Å². The monoisotopic (exact) mass is 450 g/mol. The summed E-state index contributed by atoms with van der Waals surface area (Å²) in [7, 11) is 6.03. The van der Waals surface area contributed by atoms with E-state index in [0.29, 0.717) is 3.93 Å². The van der Waals surface area contributed by atoms with Gasteiger partial charge in [-0.05, 0) is 0 Å². The Kier molecular flexibility index (Phi) is 4.65. The van der Waals surface area contributed by atoms with Crippen LogP contribution in [0.1, 0.15) is 11.1 Å². The van der Waals surface area contributed by atoms with Crippen molar-refractivity contribution in [2.75, 3.05) is 0 Å². The summed E-state index contributed by atoms with van der Waals surface area (Å²) in [6.45, 7) is 0. The maximum atomic E-state index is 10.9. The first-order valence-electron chi connectivity index (χ1n) is 5.80. The molecule has 2 aromatic carbocycles. The summed E-state index contributed by atoms with van der Waals surface area (Å²) < 4.78 is 0.642. The second-order valence-electron chi connectivity index (χ2n) is 4.21. The fraction of sp³-hybridized carbons (Fsp3) is 0.143. The minimum atomic E-state index is -1.54. The van der Waals surface area contributed by atoms with E-state index in [1.165, 1.54) is 0 Å². The molecule has 2 nitrogen and oxygen atoms in total. The van der Waals surface area contributed by atoms with E-state index in [1.54, 1.807) is 24.3 Å². The molecule has 0 spiro atoms. The number of benzene rings is 2.